The normalized spacial score (nSPS) is 10.7. The molecule has 0 aliphatic heterocycles. The molecular weight excluding hydrogens is 260 g/mol. The minimum atomic E-state index is -0.692. The number of benzene rings is 1. The highest BCUT2D eigenvalue weighted by Crippen LogP contribution is 2.26. The van der Waals surface area contributed by atoms with E-state index in [4.69, 9.17) is 11.6 Å². The highest BCUT2D eigenvalue weighted by Gasteiger charge is 2.09. The van der Waals surface area contributed by atoms with Crippen molar-refractivity contribution in [2.24, 2.45) is 0 Å². The molecule has 0 aliphatic carbocycles. The first-order valence-electron chi connectivity index (χ1n) is 5.44. The van der Waals surface area contributed by atoms with Crippen LogP contribution in [0.2, 0.25) is 5.02 Å². The van der Waals surface area contributed by atoms with Crippen LogP contribution in [0, 0.1) is 18.6 Å². The average molecular weight is 272 g/mol. The molecule has 0 spiro atoms. The van der Waals surface area contributed by atoms with Crippen LogP contribution in [0.25, 0.3) is 0 Å². The van der Waals surface area contributed by atoms with E-state index in [1.54, 1.807) is 6.20 Å². The molecule has 2 rings (SSSR count). The van der Waals surface area contributed by atoms with Gasteiger partial charge < -0.3 is 9.88 Å². The Bertz CT molecular complexity index is 531. The van der Waals surface area contributed by atoms with Gasteiger partial charge in [0.05, 0.1) is 10.7 Å². The number of hydrogen-bond donors (Lipinski definition) is 1. The predicted molar refractivity (Wildman–Crippen MR) is 66.8 cm³/mol. The molecule has 0 bridgehead atoms. The van der Waals surface area contributed by atoms with Gasteiger partial charge in [-0.2, -0.15) is 0 Å². The van der Waals surface area contributed by atoms with E-state index in [9.17, 15) is 8.78 Å². The number of rotatable bonds is 4. The zero-order valence-corrected chi connectivity index (χ0v) is 10.5. The van der Waals surface area contributed by atoms with E-state index in [1.807, 2.05) is 17.7 Å². The van der Waals surface area contributed by atoms with Gasteiger partial charge in [0, 0.05) is 31.5 Å². The highest BCUT2D eigenvalue weighted by molar-refractivity contribution is 6.33. The Morgan fingerprint density at radius 1 is 1.39 bits per heavy atom. The summed E-state index contributed by atoms with van der Waals surface area (Å²) in [6.45, 7) is 2.98. The minimum absolute atomic E-state index is 0.0369. The van der Waals surface area contributed by atoms with Crippen molar-refractivity contribution in [2.75, 3.05) is 11.9 Å². The van der Waals surface area contributed by atoms with Crippen molar-refractivity contribution in [1.29, 1.82) is 0 Å². The molecule has 96 valence electrons. The van der Waals surface area contributed by atoms with Crippen molar-refractivity contribution in [2.45, 2.75) is 13.5 Å². The molecule has 0 unspecified atom stereocenters. The fourth-order valence-electron chi connectivity index (χ4n) is 1.65. The number of halogens is 3. The first-order chi connectivity index (χ1) is 8.58. The van der Waals surface area contributed by atoms with Crippen molar-refractivity contribution in [3.63, 3.8) is 0 Å². The van der Waals surface area contributed by atoms with Crippen molar-refractivity contribution >= 4 is 17.3 Å². The van der Waals surface area contributed by atoms with E-state index in [1.165, 1.54) is 0 Å². The molecule has 0 fully saturated rings. The minimum Gasteiger partial charge on any atom is -0.380 e. The van der Waals surface area contributed by atoms with Crippen LogP contribution in [-0.2, 0) is 6.54 Å². The maximum Gasteiger partial charge on any atom is 0.150 e. The van der Waals surface area contributed by atoms with Gasteiger partial charge in [-0.25, -0.2) is 13.8 Å². The molecule has 1 aromatic heterocycles. The fraction of sp³-hybridized carbons (Fsp3) is 0.250. The SMILES string of the molecule is Cc1nccn1CCNc1c(F)cc(F)cc1Cl. The molecule has 3 nitrogen and oxygen atoms in total. The molecule has 1 heterocycles. The zero-order valence-electron chi connectivity index (χ0n) is 9.75. The first kappa shape index (κ1) is 12.8. The van der Waals surface area contributed by atoms with E-state index in [-0.39, 0.29) is 10.7 Å². The summed E-state index contributed by atoms with van der Waals surface area (Å²) in [5.74, 6) is -0.502. The number of aryl methyl sites for hydroxylation is 1. The van der Waals surface area contributed by atoms with Gasteiger partial charge in [-0.05, 0) is 13.0 Å². The Morgan fingerprint density at radius 3 is 2.78 bits per heavy atom. The number of nitrogens with one attached hydrogen (secondary N) is 1. The van der Waals surface area contributed by atoms with Gasteiger partial charge in [-0.15, -0.1) is 0 Å². The number of nitrogens with zero attached hydrogens (tertiary/aromatic N) is 2. The molecule has 1 N–H and O–H groups in total. The van der Waals surface area contributed by atoms with Crippen LogP contribution in [0.3, 0.4) is 0 Å². The molecule has 0 atom stereocenters. The summed E-state index contributed by atoms with van der Waals surface area (Å²) < 4.78 is 28.2. The van der Waals surface area contributed by atoms with Crippen LogP contribution in [0.5, 0.6) is 0 Å². The number of imidazole rings is 1. The Kier molecular flexibility index (Phi) is 3.81. The van der Waals surface area contributed by atoms with Crippen molar-refractivity contribution in [1.82, 2.24) is 9.55 Å². The summed E-state index contributed by atoms with van der Waals surface area (Å²) in [6, 6.07) is 1.88. The molecule has 1 aromatic carbocycles. The largest absolute Gasteiger partial charge is 0.380 e. The lowest BCUT2D eigenvalue weighted by Crippen LogP contribution is -2.12. The topological polar surface area (TPSA) is 29.9 Å². The van der Waals surface area contributed by atoms with Crippen molar-refractivity contribution in [3.8, 4) is 0 Å². The van der Waals surface area contributed by atoms with Crippen molar-refractivity contribution < 1.29 is 8.78 Å². The van der Waals surface area contributed by atoms with E-state index in [0.29, 0.717) is 13.1 Å². The summed E-state index contributed by atoms with van der Waals surface area (Å²) in [6.07, 6.45) is 3.53. The van der Waals surface area contributed by atoms with E-state index in [2.05, 4.69) is 10.3 Å². The summed E-state index contributed by atoms with van der Waals surface area (Å²) >= 11 is 5.77. The third-order valence-corrected chi connectivity index (χ3v) is 2.88. The van der Waals surface area contributed by atoms with Gasteiger partial charge in [0.15, 0.2) is 5.82 Å². The number of hydrogen-bond acceptors (Lipinski definition) is 2. The standard InChI is InChI=1S/C12H12ClF2N3/c1-8-16-2-4-18(8)5-3-17-12-10(13)6-9(14)7-11(12)15/h2,4,6-7,17H,3,5H2,1H3. The molecule has 0 radical (unpaired) electrons. The van der Waals surface area contributed by atoms with Crippen LogP contribution in [0.1, 0.15) is 5.82 Å². The lowest BCUT2D eigenvalue weighted by molar-refractivity contribution is 0.584. The predicted octanol–water partition coefficient (Wildman–Crippen LogP) is 3.24. The van der Waals surface area contributed by atoms with E-state index < -0.39 is 11.6 Å². The van der Waals surface area contributed by atoms with Crippen LogP contribution in [-0.4, -0.2) is 16.1 Å². The quantitative estimate of drug-likeness (QED) is 0.925. The second-order valence-electron chi connectivity index (χ2n) is 3.84. The fourth-order valence-corrected chi connectivity index (χ4v) is 1.91. The van der Waals surface area contributed by atoms with Crippen LogP contribution in [0.15, 0.2) is 24.5 Å². The number of anilines is 1. The summed E-state index contributed by atoms with van der Waals surface area (Å²) in [4.78, 5) is 4.07. The Labute approximate surface area is 108 Å². The van der Waals surface area contributed by atoms with Gasteiger partial charge in [-0.1, -0.05) is 11.6 Å². The molecule has 2 aromatic rings. The number of aromatic nitrogens is 2. The van der Waals surface area contributed by atoms with E-state index >= 15 is 0 Å². The second-order valence-corrected chi connectivity index (χ2v) is 4.25. The Hall–Kier alpha value is -1.62. The maximum atomic E-state index is 13.5. The highest BCUT2D eigenvalue weighted by atomic mass is 35.5. The van der Waals surface area contributed by atoms with Gasteiger partial charge >= 0.3 is 0 Å². The third kappa shape index (κ3) is 2.79. The summed E-state index contributed by atoms with van der Waals surface area (Å²) in [5.41, 5.74) is 0.121. The molecule has 6 heteroatoms. The monoisotopic (exact) mass is 271 g/mol. The molecular formula is C12H12ClF2N3. The van der Waals surface area contributed by atoms with Crippen LogP contribution in [0.4, 0.5) is 14.5 Å². The summed E-state index contributed by atoms with van der Waals surface area (Å²) in [5, 5.41) is 2.89. The lowest BCUT2D eigenvalue weighted by atomic mass is 10.3. The van der Waals surface area contributed by atoms with Gasteiger partial charge in [0.25, 0.3) is 0 Å². The zero-order chi connectivity index (χ0) is 13.1. The van der Waals surface area contributed by atoms with Gasteiger partial charge in [0.1, 0.15) is 11.6 Å². The van der Waals surface area contributed by atoms with Crippen LogP contribution < -0.4 is 5.32 Å². The Balaban J connectivity index is 2.01. The third-order valence-electron chi connectivity index (χ3n) is 2.59. The van der Waals surface area contributed by atoms with Gasteiger partial charge in [0.2, 0.25) is 0 Å². The second kappa shape index (κ2) is 5.35. The molecule has 0 amide bonds. The Morgan fingerprint density at radius 2 is 2.17 bits per heavy atom. The molecule has 0 saturated heterocycles. The molecule has 0 saturated carbocycles. The smallest absolute Gasteiger partial charge is 0.150 e. The van der Waals surface area contributed by atoms with Crippen molar-refractivity contribution in [3.05, 3.63) is 47.0 Å². The van der Waals surface area contributed by atoms with Crippen LogP contribution >= 0.6 is 11.6 Å². The van der Waals surface area contributed by atoms with E-state index in [0.717, 1.165) is 18.0 Å². The molecule has 18 heavy (non-hydrogen) atoms. The summed E-state index contributed by atoms with van der Waals surface area (Å²) in [7, 11) is 0. The maximum absolute atomic E-state index is 13.5. The lowest BCUT2D eigenvalue weighted by Gasteiger charge is -2.10. The van der Waals surface area contributed by atoms with Gasteiger partial charge in [-0.3, -0.25) is 0 Å². The molecule has 0 aliphatic rings. The average Bonchev–Trinajstić information content (AvgIpc) is 2.68. The first-order valence-corrected chi connectivity index (χ1v) is 5.82.